The molecule has 1 unspecified atom stereocenters. The van der Waals surface area contributed by atoms with Crippen LogP contribution in [-0.4, -0.2) is 16.1 Å². The summed E-state index contributed by atoms with van der Waals surface area (Å²) in [6.45, 7) is 0. The second-order valence-corrected chi connectivity index (χ2v) is 6.37. The van der Waals surface area contributed by atoms with Gasteiger partial charge in [-0.1, -0.05) is 41.9 Å². The maximum absolute atomic E-state index is 13.2. The summed E-state index contributed by atoms with van der Waals surface area (Å²) in [5.41, 5.74) is 2.40. The lowest BCUT2D eigenvalue weighted by Crippen LogP contribution is -2.43. The molecule has 1 aliphatic heterocycles. The number of nitrogens with one attached hydrogen (secondary N) is 1. The molecule has 0 radical (unpaired) electrons. The Morgan fingerprint density at radius 1 is 0.923 bits per heavy atom. The van der Waals surface area contributed by atoms with Crippen molar-refractivity contribution in [1.29, 1.82) is 0 Å². The summed E-state index contributed by atoms with van der Waals surface area (Å²) in [5, 5.41) is 23.3. The summed E-state index contributed by atoms with van der Waals surface area (Å²) in [6, 6.07) is 18.8. The quantitative estimate of drug-likeness (QED) is 0.583. The number of carbonyl (C=O) groups is 1. The van der Waals surface area contributed by atoms with E-state index in [1.807, 2.05) is 12.1 Å². The SMILES string of the molecule is O=C1c2ccccc2NC(c2ccc(O)c(O)c2)N1c1ccccc1Cl. The Morgan fingerprint density at radius 3 is 2.42 bits per heavy atom. The van der Waals surface area contributed by atoms with Gasteiger partial charge >= 0.3 is 0 Å². The molecule has 5 nitrogen and oxygen atoms in total. The third-order valence-electron chi connectivity index (χ3n) is 4.35. The number of carbonyl (C=O) groups excluding carboxylic acids is 1. The van der Waals surface area contributed by atoms with Crippen molar-refractivity contribution >= 4 is 28.9 Å². The van der Waals surface area contributed by atoms with Crippen LogP contribution in [0.25, 0.3) is 0 Å². The summed E-state index contributed by atoms with van der Waals surface area (Å²) >= 11 is 6.35. The molecule has 0 bridgehead atoms. The Morgan fingerprint density at radius 2 is 1.65 bits per heavy atom. The van der Waals surface area contributed by atoms with Crippen LogP contribution in [0.5, 0.6) is 11.5 Å². The second kappa shape index (κ2) is 6.28. The zero-order valence-electron chi connectivity index (χ0n) is 13.6. The molecule has 130 valence electrons. The van der Waals surface area contributed by atoms with Gasteiger partial charge in [-0.2, -0.15) is 0 Å². The largest absolute Gasteiger partial charge is 0.504 e. The van der Waals surface area contributed by atoms with Crippen LogP contribution in [0, 0.1) is 0 Å². The van der Waals surface area contributed by atoms with Crippen molar-refractivity contribution in [3.8, 4) is 11.5 Å². The molecule has 1 heterocycles. The number of anilines is 2. The predicted molar refractivity (Wildman–Crippen MR) is 101 cm³/mol. The number of nitrogens with zero attached hydrogens (tertiary/aromatic N) is 1. The molecule has 1 atom stereocenters. The van der Waals surface area contributed by atoms with Crippen LogP contribution in [0.2, 0.25) is 5.02 Å². The lowest BCUT2D eigenvalue weighted by atomic mass is 10.0. The first-order valence-corrected chi connectivity index (χ1v) is 8.39. The smallest absolute Gasteiger partial charge is 0.262 e. The minimum absolute atomic E-state index is 0.204. The standard InChI is InChI=1S/C20H15ClN2O3/c21-14-6-2-4-8-16(14)23-19(12-9-10-17(24)18(25)11-12)22-15-7-3-1-5-13(15)20(23)26/h1-11,19,22,24-25H. The predicted octanol–water partition coefficient (Wildman–Crippen LogP) is 4.52. The van der Waals surface area contributed by atoms with E-state index in [-0.39, 0.29) is 17.4 Å². The molecule has 0 aliphatic carbocycles. The van der Waals surface area contributed by atoms with Gasteiger partial charge in [0.25, 0.3) is 5.91 Å². The molecule has 3 N–H and O–H groups in total. The van der Waals surface area contributed by atoms with Gasteiger partial charge in [-0.25, -0.2) is 0 Å². The highest BCUT2D eigenvalue weighted by Gasteiger charge is 2.35. The lowest BCUT2D eigenvalue weighted by Gasteiger charge is -2.38. The maximum Gasteiger partial charge on any atom is 0.262 e. The van der Waals surface area contributed by atoms with E-state index in [2.05, 4.69) is 5.32 Å². The molecule has 0 spiro atoms. The maximum atomic E-state index is 13.2. The van der Waals surface area contributed by atoms with Gasteiger partial charge in [-0.05, 0) is 42.0 Å². The van der Waals surface area contributed by atoms with Gasteiger partial charge in [0.15, 0.2) is 11.5 Å². The number of rotatable bonds is 2. The molecular weight excluding hydrogens is 352 g/mol. The van der Waals surface area contributed by atoms with Crippen LogP contribution in [-0.2, 0) is 0 Å². The van der Waals surface area contributed by atoms with Gasteiger partial charge in [0.2, 0.25) is 0 Å². The fourth-order valence-corrected chi connectivity index (χ4v) is 3.32. The van der Waals surface area contributed by atoms with E-state index in [1.165, 1.54) is 12.1 Å². The van der Waals surface area contributed by atoms with E-state index in [9.17, 15) is 15.0 Å². The molecular formula is C20H15ClN2O3. The Balaban J connectivity index is 1.90. The minimum Gasteiger partial charge on any atom is -0.504 e. The van der Waals surface area contributed by atoms with Crippen LogP contribution < -0.4 is 10.2 Å². The van der Waals surface area contributed by atoms with E-state index in [1.54, 1.807) is 47.4 Å². The number of halogens is 1. The third kappa shape index (κ3) is 2.62. The van der Waals surface area contributed by atoms with Gasteiger partial charge in [-0.3, -0.25) is 9.69 Å². The summed E-state index contributed by atoms with van der Waals surface area (Å²) in [7, 11) is 0. The first-order valence-electron chi connectivity index (χ1n) is 8.02. The topological polar surface area (TPSA) is 72.8 Å². The van der Waals surface area contributed by atoms with Gasteiger partial charge in [-0.15, -0.1) is 0 Å². The number of amides is 1. The number of para-hydroxylation sites is 2. The van der Waals surface area contributed by atoms with Crippen molar-refractivity contribution in [3.63, 3.8) is 0 Å². The average Bonchev–Trinajstić information content (AvgIpc) is 2.65. The number of hydrogen-bond acceptors (Lipinski definition) is 4. The Kier molecular flexibility index (Phi) is 3.93. The zero-order chi connectivity index (χ0) is 18.3. The molecule has 6 heteroatoms. The fourth-order valence-electron chi connectivity index (χ4n) is 3.09. The van der Waals surface area contributed by atoms with Crippen molar-refractivity contribution in [1.82, 2.24) is 0 Å². The number of phenolic OH excluding ortho intramolecular Hbond substituents is 2. The van der Waals surface area contributed by atoms with Crippen molar-refractivity contribution < 1.29 is 15.0 Å². The van der Waals surface area contributed by atoms with Crippen molar-refractivity contribution in [2.45, 2.75) is 6.17 Å². The molecule has 1 aliphatic rings. The summed E-state index contributed by atoms with van der Waals surface area (Å²) in [4.78, 5) is 14.8. The highest BCUT2D eigenvalue weighted by atomic mass is 35.5. The van der Waals surface area contributed by atoms with Gasteiger partial charge < -0.3 is 15.5 Å². The van der Waals surface area contributed by atoms with Crippen molar-refractivity contribution in [3.05, 3.63) is 82.9 Å². The van der Waals surface area contributed by atoms with Crippen LogP contribution >= 0.6 is 11.6 Å². The van der Waals surface area contributed by atoms with Gasteiger partial charge in [0.05, 0.1) is 16.3 Å². The molecule has 0 saturated carbocycles. The summed E-state index contributed by atoms with van der Waals surface area (Å²) in [6.07, 6.45) is -0.594. The summed E-state index contributed by atoms with van der Waals surface area (Å²) < 4.78 is 0. The van der Waals surface area contributed by atoms with E-state index in [0.29, 0.717) is 27.5 Å². The minimum atomic E-state index is -0.594. The first kappa shape index (κ1) is 16.3. The van der Waals surface area contributed by atoms with Crippen LogP contribution in [0.15, 0.2) is 66.7 Å². The van der Waals surface area contributed by atoms with E-state index in [0.717, 1.165) is 0 Å². The number of fused-ring (bicyclic) bond motifs is 1. The molecule has 3 aromatic carbocycles. The second-order valence-electron chi connectivity index (χ2n) is 5.97. The average molecular weight is 367 g/mol. The van der Waals surface area contributed by atoms with Crippen molar-refractivity contribution in [2.75, 3.05) is 10.2 Å². The number of phenols is 2. The van der Waals surface area contributed by atoms with E-state index in [4.69, 9.17) is 11.6 Å². The Bertz CT molecular complexity index is 1010. The molecule has 0 saturated heterocycles. The van der Waals surface area contributed by atoms with Gasteiger partial charge in [0, 0.05) is 5.69 Å². The lowest BCUT2D eigenvalue weighted by molar-refractivity contribution is 0.0975. The number of benzene rings is 3. The summed E-state index contributed by atoms with van der Waals surface area (Å²) in [5.74, 6) is -0.680. The first-order chi connectivity index (χ1) is 12.6. The third-order valence-corrected chi connectivity index (χ3v) is 4.67. The fraction of sp³-hybridized carbons (Fsp3) is 0.0500. The van der Waals surface area contributed by atoms with E-state index >= 15 is 0 Å². The molecule has 0 fully saturated rings. The zero-order valence-corrected chi connectivity index (χ0v) is 14.3. The molecule has 0 aromatic heterocycles. The molecule has 26 heavy (non-hydrogen) atoms. The van der Waals surface area contributed by atoms with E-state index < -0.39 is 6.17 Å². The van der Waals surface area contributed by atoms with Crippen LogP contribution in [0.4, 0.5) is 11.4 Å². The van der Waals surface area contributed by atoms with Crippen molar-refractivity contribution in [2.24, 2.45) is 0 Å². The Hall–Kier alpha value is -3.18. The highest BCUT2D eigenvalue weighted by molar-refractivity contribution is 6.34. The Labute approximate surface area is 155 Å². The van der Waals surface area contributed by atoms with Crippen LogP contribution in [0.1, 0.15) is 22.1 Å². The van der Waals surface area contributed by atoms with Gasteiger partial charge in [0.1, 0.15) is 6.17 Å². The molecule has 4 rings (SSSR count). The number of aromatic hydroxyl groups is 2. The normalized spacial score (nSPS) is 16.1. The monoisotopic (exact) mass is 366 g/mol. The molecule has 3 aromatic rings. The highest BCUT2D eigenvalue weighted by Crippen LogP contribution is 2.40. The van der Waals surface area contributed by atoms with Crippen LogP contribution in [0.3, 0.4) is 0 Å². The molecule has 1 amide bonds. The number of hydrogen-bond donors (Lipinski definition) is 3.